The van der Waals surface area contributed by atoms with E-state index >= 15 is 0 Å². The Hall–Kier alpha value is -2.63. The van der Waals surface area contributed by atoms with Crippen LogP contribution in [0.4, 0.5) is 17.5 Å². The maximum Gasteiger partial charge on any atom is 0.337 e. The van der Waals surface area contributed by atoms with Gasteiger partial charge in [-0.3, -0.25) is 0 Å². The minimum Gasteiger partial charge on any atom is -0.465 e. The molecule has 22 heavy (non-hydrogen) atoms. The summed E-state index contributed by atoms with van der Waals surface area (Å²) >= 11 is 0. The van der Waals surface area contributed by atoms with E-state index in [1.165, 1.54) is 7.11 Å². The van der Waals surface area contributed by atoms with Crippen LogP contribution in [0.1, 0.15) is 29.9 Å². The quantitative estimate of drug-likeness (QED) is 0.826. The summed E-state index contributed by atoms with van der Waals surface area (Å²) in [7, 11) is 1.36. The largest absolute Gasteiger partial charge is 0.465 e. The van der Waals surface area contributed by atoms with Gasteiger partial charge in [0.2, 0.25) is 5.95 Å². The number of aryl methyl sites for hydroxylation is 1. The average Bonchev–Trinajstić information content (AvgIpc) is 2.46. The van der Waals surface area contributed by atoms with Crippen LogP contribution < -0.4 is 10.6 Å². The first-order valence-electron chi connectivity index (χ1n) is 7.05. The molecule has 0 aliphatic heterocycles. The predicted molar refractivity (Wildman–Crippen MR) is 86.6 cm³/mol. The van der Waals surface area contributed by atoms with Gasteiger partial charge in [0.25, 0.3) is 0 Å². The van der Waals surface area contributed by atoms with Gasteiger partial charge < -0.3 is 15.4 Å². The van der Waals surface area contributed by atoms with Crippen molar-refractivity contribution in [3.8, 4) is 0 Å². The van der Waals surface area contributed by atoms with E-state index in [1.54, 1.807) is 24.3 Å². The molecule has 0 radical (unpaired) electrons. The molecule has 0 aliphatic carbocycles. The fourth-order valence-electron chi connectivity index (χ4n) is 1.91. The van der Waals surface area contributed by atoms with Crippen LogP contribution in [0.5, 0.6) is 0 Å². The minimum absolute atomic E-state index is 0.258. The summed E-state index contributed by atoms with van der Waals surface area (Å²) in [6, 6.07) is 9.14. The number of ether oxygens (including phenoxy) is 1. The predicted octanol–water partition coefficient (Wildman–Crippen LogP) is 3.14. The lowest BCUT2D eigenvalue weighted by atomic mass is 10.2. The van der Waals surface area contributed by atoms with Crippen molar-refractivity contribution >= 4 is 23.4 Å². The van der Waals surface area contributed by atoms with E-state index in [0.29, 0.717) is 17.3 Å². The molecule has 2 aromatic rings. The van der Waals surface area contributed by atoms with Crippen molar-refractivity contribution in [3.63, 3.8) is 0 Å². The van der Waals surface area contributed by atoms with E-state index in [0.717, 1.165) is 11.4 Å². The lowest BCUT2D eigenvalue weighted by Gasteiger charge is -2.12. The van der Waals surface area contributed by atoms with Crippen LogP contribution in [0.3, 0.4) is 0 Å². The summed E-state index contributed by atoms with van der Waals surface area (Å²) in [4.78, 5) is 20.2. The fourth-order valence-corrected chi connectivity index (χ4v) is 1.91. The van der Waals surface area contributed by atoms with Crippen molar-refractivity contribution in [1.29, 1.82) is 0 Å². The molecule has 2 rings (SSSR count). The highest BCUT2D eigenvalue weighted by atomic mass is 16.5. The highest BCUT2D eigenvalue weighted by molar-refractivity contribution is 5.89. The Morgan fingerprint density at radius 2 is 1.86 bits per heavy atom. The standard InChI is InChI=1S/C16H20N4O2/c1-10(2)17-16-18-11(3)9-14(20-16)19-13-7-5-12(6-8-13)15(21)22-4/h5-10H,1-4H3,(H2,17,18,19,20). The van der Waals surface area contributed by atoms with Gasteiger partial charge in [-0.25, -0.2) is 9.78 Å². The van der Waals surface area contributed by atoms with Crippen LogP contribution in [0.2, 0.25) is 0 Å². The van der Waals surface area contributed by atoms with Gasteiger partial charge in [-0.2, -0.15) is 4.98 Å². The van der Waals surface area contributed by atoms with Crippen molar-refractivity contribution < 1.29 is 9.53 Å². The number of carbonyl (C=O) groups excluding carboxylic acids is 1. The Morgan fingerprint density at radius 3 is 2.45 bits per heavy atom. The lowest BCUT2D eigenvalue weighted by molar-refractivity contribution is 0.0601. The molecule has 0 bridgehead atoms. The number of methoxy groups -OCH3 is 1. The molecule has 1 aromatic heterocycles. The van der Waals surface area contributed by atoms with Crippen LogP contribution in [-0.4, -0.2) is 29.1 Å². The van der Waals surface area contributed by atoms with Gasteiger partial charge in [-0.1, -0.05) is 0 Å². The van der Waals surface area contributed by atoms with Crippen molar-refractivity contribution in [1.82, 2.24) is 9.97 Å². The number of rotatable bonds is 5. The molecule has 0 saturated heterocycles. The monoisotopic (exact) mass is 300 g/mol. The first-order chi connectivity index (χ1) is 10.5. The Labute approximate surface area is 129 Å². The van der Waals surface area contributed by atoms with Crippen molar-refractivity contribution in [3.05, 3.63) is 41.6 Å². The van der Waals surface area contributed by atoms with Crippen molar-refractivity contribution in [2.24, 2.45) is 0 Å². The molecule has 0 spiro atoms. The number of nitrogens with zero attached hydrogens (tertiary/aromatic N) is 2. The van der Waals surface area contributed by atoms with E-state index in [4.69, 9.17) is 0 Å². The van der Waals surface area contributed by atoms with Gasteiger partial charge in [0.05, 0.1) is 12.7 Å². The summed E-state index contributed by atoms with van der Waals surface area (Å²) in [5.74, 6) is 0.929. The van der Waals surface area contributed by atoms with E-state index in [1.807, 2.05) is 26.8 Å². The second kappa shape index (κ2) is 6.89. The molecule has 0 aliphatic rings. The number of benzene rings is 1. The van der Waals surface area contributed by atoms with Gasteiger partial charge in [-0.15, -0.1) is 0 Å². The minimum atomic E-state index is -0.354. The molecule has 6 nitrogen and oxygen atoms in total. The number of hydrogen-bond acceptors (Lipinski definition) is 6. The summed E-state index contributed by atoms with van der Waals surface area (Å²) < 4.78 is 4.67. The van der Waals surface area contributed by atoms with Crippen LogP contribution >= 0.6 is 0 Å². The topological polar surface area (TPSA) is 76.1 Å². The molecule has 0 amide bonds. The lowest BCUT2D eigenvalue weighted by Crippen LogP contribution is -2.13. The number of nitrogens with one attached hydrogen (secondary N) is 2. The smallest absolute Gasteiger partial charge is 0.337 e. The summed E-state index contributed by atoms with van der Waals surface area (Å²) in [5, 5.41) is 6.38. The zero-order valence-electron chi connectivity index (χ0n) is 13.2. The summed E-state index contributed by atoms with van der Waals surface area (Å²) in [5.41, 5.74) is 2.21. The van der Waals surface area contributed by atoms with Gasteiger partial charge >= 0.3 is 5.97 Å². The van der Waals surface area contributed by atoms with Crippen molar-refractivity contribution in [2.75, 3.05) is 17.7 Å². The first-order valence-corrected chi connectivity index (χ1v) is 7.05. The van der Waals surface area contributed by atoms with E-state index in [-0.39, 0.29) is 12.0 Å². The van der Waals surface area contributed by atoms with Gasteiger partial charge in [-0.05, 0) is 45.0 Å². The van der Waals surface area contributed by atoms with Crippen LogP contribution in [-0.2, 0) is 4.74 Å². The molecule has 1 aromatic carbocycles. The molecular weight excluding hydrogens is 280 g/mol. The first kappa shape index (κ1) is 15.8. The molecule has 0 atom stereocenters. The summed E-state index contributed by atoms with van der Waals surface area (Å²) in [6.07, 6.45) is 0. The molecule has 0 fully saturated rings. The second-order valence-electron chi connectivity index (χ2n) is 5.21. The van der Waals surface area contributed by atoms with E-state index in [2.05, 4.69) is 25.3 Å². The highest BCUT2D eigenvalue weighted by Crippen LogP contribution is 2.18. The Bertz CT molecular complexity index is 654. The molecule has 0 saturated carbocycles. The molecule has 6 heteroatoms. The Kier molecular flexibility index (Phi) is 4.93. The fraction of sp³-hybridized carbons (Fsp3) is 0.312. The van der Waals surface area contributed by atoms with Gasteiger partial charge in [0.15, 0.2) is 0 Å². The second-order valence-corrected chi connectivity index (χ2v) is 5.21. The normalized spacial score (nSPS) is 10.4. The molecule has 1 heterocycles. The SMILES string of the molecule is COC(=O)c1ccc(Nc2cc(C)nc(NC(C)C)n2)cc1. The molecule has 0 unspecified atom stereocenters. The number of esters is 1. The van der Waals surface area contributed by atoms with E-state index in [9.17, 15) is 4.79 Å². The maximum absolute atomic E-state index is 11.4. The van der Waals surface area contributed by atoms with Crippen LogP contribution in [0.15, 0.2) is 30.3 Å². The number of carbonyl (C=O) groups is 1. The van der Waals surface area contributed by atoms with Gasteiger partial charge in [0.1, 0.15) is 5.82 Å². The zero-order chi connectivity index (χ0) is 16.1. The van der Waals surface area contributed by atoms with Crippen LogP contribution in [0.25, 0.3) is 0 Å². The van der Waals surface area contributed by atoms with E-state index < -0.39 is 0 Å². The highest BCUT2D eigenvalue weighted by Gasteiger charge is 2.06. The third-order valence-corrected chi connectivity index (χ3v) is 2.85. The number of aromatic nitrogens is 2. The summed E-state index contributed by atoms with van der Waals surface area (Å²) in [6.45, 7) is 5.98. The Morgan fingerprint density at radius 1 is 1.18 bits per heavy atom. The number of hydrogen-bond donors (Lipinski definition) is 2. The average molecular weight is 300 g/mol. The number of anilines is 3. The third kappa shape index (κ3) is 4.18. The third-order valence-electron chi connectivity index (χ3n) is 2.85. The van der Waals surface area contributed by atoms with Crippen LogP contribution in [0, 0.1) is 6.92 Å². The zero-order valence-corrected chi connectivity index (χ0v) is 13.2. The maximum atomic E-state index is 11.4. The van der Waals surface area contributed by atoms with Crippen molar-refractivity contribution in [2.45, 2.75) is 26.8 Å². The molecule has 2 N–H and O–H groups in total. The molecular formula is C16H20N4O2. The Balaban J connectivity index is 2.16. The van der Waals surface area contributed by atoms with Gasteiger partial charge in [0, 0.05) is 23.5 Å². The molecule has 116 valence electrons.